The van der Waals surface area contributed by atoms with Crippen molar-refractivity contribution in [3.8, 4) is 11.5 Å². The quantitative estimate of drug-likeness (QED) is 0.777. The monoisotopic (exact) mass is 340 g/mol. The van der Waals surface area contributed by atoms with Gasteiger partial charge in [0.1, 0.15) is 0 Å². The van der Waals surface area contributed by atoms with E-state index in [4.69, 9.17) is 9.47 Å². The molecule has 0 fully saturated rings. The highest BCUT2D eigenvalue weighted by atomic mass is 16.6. The number of nitrogens with one attached hydrogen (secondary N) is 1. The van der Waals surface area contributed by atoms with Crippen LogP contribution in [-0.2, 0) is 0 Å². The summed E-state index contributed by atoms with van der Waals surface area (Å²) in [6, 6.07) is 18.2. The van der Waals surface area contributed by atoms with E-state index in [2.05, 4.69) is 43.1 Å². The Balaban J connectivity index is 1.77. The van der Waals surface area contributed by atoms with Crippen LogP contribution in [0.3, 0.4) is 0 Å². The minimum Gasteiger partial charge on any atom is -0.481 e. The van der Waals surface area contributed by atoms with Crippen LogP contribution in [0.2, 0.25) is 0 Å². The fourth-order valence-electron chi connectivity index (χ4n) is 3.34. The highest BCUT2D eigenvalue weighted by Crippen LogP contribution is 2.39. The molecule has 3 unspecified atom stereocenters. The molecule has 4 heteroatoms. The van der Waals surface area contributed by atoms with Crippen molar-refractivity contribution in [3.05, 3.63) is 60.2 Å². The molecule has 0 spiro atoms. The summed E-state index contributed by atoms with van der Waals surface area (Å²) in [6.07, 6.45) is 0.106. The predicted molar refractivity (Wildman–Crippen MR) is 101 cm³/mol. The second kappa shape index (κ2) is 8.37. The third-order valence-corrected chi connectivity index (χ3v) is 4.82. The number of hydrogen-bond donors (Lipinski definition) is 1. The summed E-state index contributed by atoms with van der Waals surface area (Å²) in [7, 11) is 0. The van der Waals surface area contributed by atoms with Crippen LogP contribution in [0.25, 0.3) is 0 Å². The number of fused-ring (bicyclic) bond motifs is 1. The number of para-hydroxylation sites is 2. The van der Waals surface area contributed by atoms with Gasteiger partial charge in [-0.3, -0.25) is 10.2 Å². The van der Waals surface area contributed by atoms with E-state index < -0.39 is 0 Å². The number of hydrogen-bond acceptors (Lipinski definition) is 4. The van der Waals surface area contributed by atoms with Crippen LogP contribution in [0.4, 0.5) is 0 Å². The zero-order chi connectivity index (χ0) is 17.6. The number of ether oxygens (including phenoxy) is 2. The van der Waals surface area contributed by atoms with Gasteiger partial charge in [-0.25, -0.2) is 0 Å². The van der Waals surface area contributed by atoms with E-state index in [1.165, 1.54) is 0 Å². The van der Waals surface area contributed by atoms with Gasteiger partial charge in [0, 0.05) is 6.54 Å². The van der Waals surface area contributed by atoms with Crippen molar-refractivity contribution >= 4 is 0 Å². The maximum atomic E-state index is 6.30. The van der Waals surface area contributed by atoms with Crippen molar-refractivity contribution in [2.75, 3.05) is 19.6 Å². The Bertz CT molecular complexity index is 658. The average molecular weight is 340 g/mol. The van der Waals surface area contributed by atoms with E-state index >= 15 is 0 Å². The molecule has 3 rings (SSSR count). The van der Waals surface area contributed by atoms with Crippen molar-refractivity contribution in [3.63, 3.8) is 0 Å². The van der Waals surface area contributed by atoms with E-state index in [9.17, 15) is 0 Å². The Morgan fingerprint density at radius 3 is 2.16 bits per heavy atom. The predicted octanol–water partition coefficient (Wildman–Crippen LogP) is 3.85. The van der Waals surface area contributed by atoms with Crippen LogP contribution in [0.1, 0.15) is 32.4 Å². The van der Waals surface area contributed by atoms with Crippen LogP contribution < -0.4 is 14.8 Å². The molecule has 3 atom stereocenters. The first-order valence-corrected chi connectivity index (χ1v) is 9.17. The Labute approximate surface area is 150 Å². The standard InChI is InChI=1S/C21H28N2O2/c1-4-23(5-2)16(3)22-15-20-21(17-11-7-6-8-12-17)25-19-14-10-9-13-18(19)24-20/h6-14,16,20-22H,4-5,15H2,1-3H3. The molecule has 2 aromatic rings. The molecule has 0 amide bonds. The average Bonchev–Trinajstić information content (AvgIpc) is 2.67. The van der Waals surface area contributed by atoms with Crippen LogP contribution >= 0.6 is 0 Å². The van der Waals surface area contributed by atoms with Gasteiger partial charge in [0.25, 0.3) is 0 Å². The Hall–Kier alpha value is -2.04. The van der Waals surface area contributed by atoms with Gasteiger partial charge < -0.3 is 9.47 Å². The molecular formula is C21H28N2O2. The zero-order valence-corrected chi connectivity index (χ0v) is 15.3. The van der Waals surface area contributed by atoms with Crippen LogP contribution in [0, 0.1) is 0 Å². The van der Waals surface area contributed by atoms with Gasteiger partial charge in [-0.2, -0.15) is 0 Å². The van der Waals surface area contributed by atoms with E-state index in [0.29, 0.717) is 6.17 Å². The maximum Gasteiger partial charge on any atom is 0.162 e. The first-order valence-electron chi connectivity index (χ1n) is 9.17. The van der Waals surface area contributed by atoms with Gasteiger partial charge >= 0.3 is 0 Å². The number of nitrogens with zero attached hydrogens (tertiary/aromatic N) is 1. The summed E-state index contributed by atoms with van der Waals surface area (Å²) < 4.78 is 12.6. The molecule has 0 saturated heterocycles. The fraction of sp³-hybridized carbons (Fsp3) is 0.429. The van der Waals surface area contributed by atoms with E-state index in [0.717, 1.165) is 36.7 Å². The molecule has 0 aliphatic carbocycles. The van der Waals surface area contributed by atoms with Crippen LogP contribution in [0.5, 0.6) is 11.5 Å². The molecular weight excluding hydrogens is 312 g/mol. The summed E-state index contributed by atoms with van der Waals surface area (Å²) >= 11 is 0. The van der Waals surface area contributed by atoms with E-state index in [-0.39, 0.29) is 12.2 Å². The van der Waals surface area contributed by atoms with E-state index in [1.807, 2.05) is 42.5 Å². The van der Waals surface area contributed by atoms with Gasteiger partial charge in [-0.15, -0.1) is 0 Å². The molecule has 4 nitrogen and oxygen atoms in total. The largest absolute Gasteiger partial charge is 0.481 e. The number of benzene rings is 2. The molecule has 1 heterocycles. The van der Waals surface area contributed by atoms with Crippen molar-refractivity contribution in [1.82, 2.24) is 10.2 Å². The molecule has 0 radical (unpaired) electrons. The third-order valence-electron chi connectivity index (χ3n) is 4.82. The molecule has 134 valence electrons. The molecule has 0 saturated carbocycles. The molecule has 25 heavy (non-hydrogen) atoms. The molecule has 0 bridgehead atoms. The summed E-state index contributed by atoms with van der Waals surface area (Å²) in [5, 5.41) is 3.61. The van der Waals surface area contributed by atoms with Crippen LogP contribution in [0.15, 0.2) is 54.6 Å². The fourth-order valence-corrected chi connectivity index (χ4v) is 3.34. The normalized spacial score (nSPS) is 20.5. The molecule has 0 aromatic heterocycles. The Morgan fingerprint density at radius 1 is 0.920 bits per heavy atom. The minimum atomic E-state index is -0.118. The SMILES string of the molecule is CCN(CC)C(C)NCC1Oc2ccccc2OC1c1ccccc1. The van der Waals surface area contributed by atoms with Crippen molar-refractivity contribution in [1.29, 1.82) is 0 Å². The molecule has 2 aromatic carbocycles. The lowest BCUT2D eigenvalue weighted by Gasteiger charge is -2.36. The second-order valence-electron chi connectivity index (χ2n) is 6.36. The third kappa shape index (κ3) is 4.14. The molecule has 1 aliphatic heterocycles. The lowest BCUT2D eigenvalue weighted by molar-refractivity contribution is 0.0147. The highest BCUT2D eigenvalue weighted by Gasteiger charge is 2.33. The first kappa shape index (κ1) is 17.8. The van der Waals surface area contributed by atoms with Gasteiger partial charge in [0.05, 0.1) is 6.17 Å². The highest BCUT2D eigenvalue weighted by molar-refractivity contribution is 5.42. The smallest absolute Gasteiger partial charge is 0.162 e. The maximum absolute atomic E-state index is 6.30. The Morgan fingerprint density at radius 2 is 1.52 bits per heavy atom. The lowest BCUT2D eigenvalue weighted by atomic mass is 10.0. The van der Waals surface area contributed by atoms with E-state index in [1.54, 1.807) is 0 Å². The van der Waals surface area contributed by atoms with Gasteiger partial charge in [0.15, 0.2) is 23.7 Å². The van der Waals surface area contributed by atoms with Crippen molar-refractivity contribution in [2.24, 2.45) is 0 Å². The molecule has 1 aliphatic rings. The number of rotatable bonds is 7. The summed E-state index contributed by atoms with van der Waals surface area (Å²) in [5.74, 6) is 1.63. The zero-order valence-electron chi connectivity index (χ0n) is 15.3. The lowest BCUT2D eigenvalue weighted by Crippen LogP contribution is -2.49. The first-order chi connectivity index (χ1) is 12.2. The topological polar surface area (TPSA) is 33.7 Å². The van der Waals surface area contributed by atoms with Gasteiger partial charge in [-0.1, -0.05) is 56.3 Å². The summed E-state index contributed by atoms with van der Waals surface area (Å²) in [6.45, 7) is 9.35. The summed E-state index contributed by atoms with van der Waals surface area (Å²) in [4.78, 5) is 2.38. The summed E-state index contributed by atoms with van der Waals surface area (Å²) in [5.41, 5.74) is 1.14. The molecule has 1 N–H and O–H groups in total. The minimum absolute atomic E-state index is 0.0738. The van der Waals surface area contributed by atoms with Crippen LogP contribution in [-0.4, -0.2) is 36.8 Å². The van der Waals surface area contributed by atoms with Gasteiger partial charge in [0.2, 0.25) is 0 Å². The van der Waals surface area contributed by atoms with Crippen molar-refractivity contribution in [2.45, 2.75) is 39.1 Å². The van der Waals surface area contributed by atoms with Crippen molar-refractivity contribution < 1.29 is 9.47 Å². The van der Waals surface area contributed by atoms with Gasteiger partial charge in [-0.05, 0) is 37.7 Å². The second-order valence-corrected chi connectivity index (χ2v) is 6.36. The Kier molecular flexibility index (Phi) is 5.95.